The van der Waals surface area contributed by atoms with Crippen LogP contribution in [-0.2, 0) is 13.1 Å². The van der Waals surface area contributed by atoms with Crippen LogP contribution in [0.4, 0.5) is 0 Å². The van der Waals surface area contributed by atoms with Crippen LogP contribution in [-0.4, -0.2) is 48.0 Å². The van der Waals surface area contributed by atoms with Crippen molar-refractivity contribution in [1.82, 2.24) is 14.8 Å². The molecule has 0 aliphatic carbocycles. The van der Waals surface area contributed by atoms with Gasteiger partial charge in [0.25, 0.3) is 0 Å². The Morgan fingerprint density at radius 1 is 1.33 bits per heavy atom. The Balaban J connectivity index is 1.91. The maximum atomic E-state index is 5.63. The number of likely N-dealkylation sites (tertiary alicyclic amines) is 1. The highest BCUT2D eigenvalue weighted by Gasteiger charge is 2.20. The maximum absolute atomic E-state index is 5.63. The van der Waals surface area contributed by atoms with Crippen molar-refractivity contribution in [2.45, 2.75) is 32.0 Å². The molecule has 0 spiro atoms. The fraction of sp³-hybridized carbons (Fsp3) is 0.643. The van der Waals surface area contributed by atoms with Crippen molar-refractivity contribution in [2.75, 3.05) is 27.2 Å². The second kappa shape index (κ2) is 6.27. The molecule has 1 saturated heterocycles. The Hall–Kier alpha value is -0.970. The molecule has 0 saturated carbocycles. The largest absolute Gasteiger partial charge is 0.325 e. The van der Waals surface area contributed by atoms with Crippen molar-refractivity contribution < 1.29 is 0 Å². The lowest BCUT2D eigenvalue weighted by Crippen LogP contribution is -2.41. The number of nitrogens with two attached hydrogens (primary N) is 1. The standard InChI is InChI=1S/C14H24N4/c1-17-8-6-14(7-9-17)18(2)11-13-5-3-4-12(10-15)16-13/h3-5,14H,6-11,15H2,1-2H3. The van der Waals surface area contributed by atoms with E-state index in [1.165, 1.54) is 25.9 Å². The van der Waals surface area contributed by atoms with Crippen molar-refractivity contribution in [3.05, 3.63) is 29.6 Å². The predicted octanol–water partition coefficient (Wildman–Crippen LogP) is 1.07. The van der Waals surface area contributed by atoms with Crippen LogP contribution in [0.25, 0.3) is 0 Å². The molecule has 4 heteroatoms. The molecule has 0 amide bonds. The van der Waals surface area contributed by atoms with Crippen molar-refractivity contribution in [1.29, 1.82) is 0 Å². The van der Waals surface area contributed by atoms with Crippen LogP contribution >= 0.6 is 0 Å². The molecular formula is C14H24N4. The van der Waals surface area contributed by atoms with E-state index in [-0.39, 0.29) is 0 Å². The van der Waals surface area contributed by atoms with Gasteiger partial charge in [0.05, 0.1) is 11.4 Å². The van der Waals surface area contributed by atoms with Gasteiger partial charge in [-0.2, -0.15) is 0 Å². The topological polar surface area (TPSA) is 45.4 Å². The molecule has 1 aromatic heterocycles. The maximum Gasteiger partial charge on any atom is 0.0547 e. The average molecular weight is 248 g/mol. The second-order valence-corrected chi connectivity index (χ2v) is 5.27. The van der Waals surface area contributed by atoms with Gasteiger partial charge in [0.15, 0.2) is 0 Å². The zero-order valence-corrected chi connectivity index (χ0v) is 11.5. The van der Waals surface area contributed by atoms with Crippen LogP contribution in [0, 0.1) is 0 Å². The summed E-state index contributed by atoms with van der Waals surface area (Å²) in [4.78, 5) is 9.39. The van der Waals surface area contributed by atoms with Gasteiger partial charge in [-0.15, -0.1) is 0 Å². The van der Waals surface area contributed by atoms with Gasteiger partial charge in [-0.25, -0.2) is 0 Å². The first-order chi connectivity index (χ1) is 8.69. The summed E-state index contributed by atoms with van der Waals surface area (Å²) in [6, 6.07) is 6.81. The van der Waals surface area contributed by atoms with Gasteiger partial charge in [0.2, 0.25) is 0 Å². The minimum absolute atomic E-state index is 0.520. The first-order valence-corrected chi connectivity index (χ1v) is 6.72. The average Bonchev–Trinajstić information content (AvgIpc) is 2.39. The molecular weight excluding hydrogens is 224 g/mol. The van der Waals surface area contributed by atoms with E-state index in [2.05, 4.69) is 34.9 Å². The smallest absolute Gasteiger partial charge is 0.0547 e. The summed E-state index contributed by atoms with van der Waals surface area (Å²) in [6.07, 6.45) is 2.51. The van der Waals surface area contributed by atoms with E-state index in [1.807, 2.05) is 12.1 Å². The van der Waals surface area contributed by atoms with Crippen LogP contribution in [0.1, 0.15) is 24.2 Å². The predicted molar refractivity (Wildman–Crippen MR) is 74.1 cm³/mol. The molecule has 1 aliphatic heterocycles. The van der Waals surface area contributed by atoms with Crippen LogP contribution in [0.5, 0.6) is 0 Å². The Morgan fingerprint density at radius 3 is 2.67 bits per heavy atom. The first kappa shape index (κ1) is 13.5. The SMILES string of the molecule is CN1CCC(N(C)Cc2cccc(CN)n2)CC1. The minimum Gasteiger partial charge on any atom is -0.325 e. The summed E-state index contributed by atoms with van der Waals surface area (Å²) in [5, 5.41) is 0. The Labute approximate surface area is 110 Å². The van der Waals surface area contributed by atoms with Gasteiger partial charge < -0.3 is 10.6 Å². The third-order valence-electron chi connectivity index (χ3n) is 3.80. The van der Waals surface area contributed by atoms with Gasteiger partial charge in [-0.1, -0.05) is 6.07 Å². The quantitative estimate of drug-likeness (QED) is 0.865. The molecule has 0 aromatic carbocycles. The molecule has 0 bridgehead atoms. The van der Waals surface area contributed by atoms with Gasteiger partial charge in [0.1, 0.15) is 0 Å². The van der Waals surface area contributed by atoms with Crippen molar-refractivity contribution in [2.24, 2.45) is 5.73 Å². The molecule has 2 rings (SSSR count). The number of pyridine rings is 1. The number of hydrogen-bond donors (Lipinski definition) is 1. The number of rotatable bonds is 4. The third kappa shape index (κ3) is 3.51. The highest BCUT2D eigenvalue weighted by atomic mass is 15.2. The summed E-state index contributed by atoms with van der Waals surface area (Å²) < 4.78 is 0. The zero-order valence-electron chi connectivity index (χ0n) is 11.5. The molecule has 0 unspecified atom stereocenters. The molecule has 1 aliphatic rings. The summed E-state index contributed by atoms with van der Waals surface area (Å²) in [5.74, 6) is 0. The fourth-order valence-corrected chi connectivity index (χ4v) is 2.55. The molecule has 2 N–H and O–H groups in total. The Morgan fingerprint density at radius 2 is 2.00 bits per heavy atom. The van der Waals surface area contributed by atoms with Gasteiger partial charge in [0, 0.05) is 19.1 Å². The van der Waals surface area contributed by atoms with E-state index in [9.17, 15) is 0 Å². The van der Waals surface area contributed by atoms with Crippen LogP contribution in [0.3, 0.4) is 0 Å². The lowest BCUT2D eigenvalue weighted by molar-refractivity contribution is 0.138. The fourth-order valence-electron chi connectivity index (χ4n) is 2.55. The van der Waals surface area contributed by atoms with Crippen LogP contribution < -0.4 is 5.73 Å². The van der Waals surface area contributed by atoms with Gasteiger partial charge in [-0.05, 0) is 52.2 Å². The van der Waals surface area contributed by atoms with E-state index < -0.39 is 0 Å². The third-order valence-corrected chi connectivity index (χ3v) is 3.80. The van der Waals surface area contributed by atoms with E-state index in [4.69, 9.17) is 5.73 Å². The minimum atomic E-state index is 0.520. The van der Waals surface area contributed by atoms with Gasteiger partial charge >= 0.3 is 0 Å². The second-order valence-electron chi connectivity index (χ2n) is 5.27. The van der Waals surface area contributed by atoms with Crippen molar-refractivity contribution >= 4 is 0 Å². The summed E-state index contributed by atoms with van der Waals surface area (Å²) in [7, 11) is 4.40. The molecule has 2 heterocycles. The molecule has 0 atom stereocenters. The molecule has 0 radical (unpaired) electrons. The molecule has 1 fully saturated rings. The molecule has 100 valence electrons. The zero-order chi connectivity index (χ0) is 13.0. The van der Waals surface area contributed by atoms with Gasteiger partial charge in [-0.3, -0.25) is 9.88 Å². The van der Waals surface area contributed by atoms with E-state index in [1.54, 1.807) is 0 Å². The number of hydrogen-bond acceptors (Lipinski definition) is 4. The summed E-state index contributed by atoms with van der Waals surface area (Å²) in [5.41, 5.74) is 7.73. The number of nitrogens with zero attached hydrogens (tertiary/aromatic N) is 3. The molecule has 4 nitrogen and oxygen atoms in total. The molecule has 18 heavy (non-hydrogen) atoms. The van der Waals surface area contributed by atoms with E-state index in [0.29, 0.717) is 12.6 Å². The highest BCUT2D eigenvalue weighted by molar-refractivity contribution is 5.11. The summed E-state index contributed by atoms with van der Waals surface area (Å²) in [6.45, 7) is 3.84. The lowest BCUT2D eigenvalue weighted by atomic mass is 10.0. The molecule has 1 aromatic rings. The lowest BCUT2D eigenvalue weighted by Gasteiger charge is -2.35. The number of piperidine rings is 1. The first-order valence-electron chi connectivity index (χ1n) is 6.72. The Kier molecular flexibility index (Phi) is 4.69. The monoisotopic (exact) mass is 248 g/mol. The van der Waals surface area contributed by atoms with E-state index >= 15 is 0 Å². The van der Waals surface area contributed by atoms with Crippen LogP contribution in [0.2, 0.25) is 0 Å². The Bertz CT molecular complexity index is 372. The van der Waals surface area contributed by atoms with Crippen molar-refractivity contribution in [3.63, 3.8) is 0 Å². The van der Waals surface area contributed by atoms with E-state index in [0.717, 1.165) is 17.9 Å². The summed E-state index contributed by atoms with van der Waals surface area (Å²) >= 11 is 0. The highest BCUT2D eigenvalue weighted by Crippen LogP contribution is 2.16. The van der Waals surface area contributed by atoms with Crippen molar-refractivity contribution in [3.8, 4) is 0 Å². The number of aromatic nitrogens is 1. The van der Waals surface area contributed by atoms with Crippen LogP contribution in [0.15, 0.2) is 18.2 Å². The normalized spacial score (nSPS) is 18.4.